The van der Waals surface area contributed by atoms with Crippen LogP contribution in [0, 0.1) is 0 Å². The third-order valence-electron chi connectivity index (χ3n) is 2.68. The maximum Gasteiger partial charge on any atom is 0.220 e. The van der Waals surface area contributed by atoms with E-state index >= 15 is 0 Å². The first-order valence-electron chi connectivity index (χ1n) is 6.43. The predicted molar refractivity (Wildman–Crippen MR) is 66.6 cm³/mol. The molecule has 5 nitrogen and oxygen atoms in total. The Labute approximate surface area is 103 Å². The lowest BCUT2D eigenvalue weighted by Gasteiger charge is -2.05. The molecule has 1 fully saturated rings. The van der Waals surface area contributed by atoms with E-state index in [0.29, 0.717) is 25.4 Å². The molecule has 0 bridgehead atoms. The minimum absolute atomic E-state index is 0.0721. The van der Waals surface area contributed by atoms with E-state index in [1.54, 1.807) is 0 Å². The van der Waals surface area contributed by atoms with E-state index in [-0.39, 0.29) is 11.8 Å². The normalized spacial score (nSPS) is 14.4. The van der Waals surface area contributed by atoms with Crippen LogP contribution in [0.25, 0.3) is 0 Å². The number of nitrogens with one attached hydrogen (secondary N) is 3. The molecular weight excluding hydrogens is 218 g/mol. The molecule has 0 aliphatic heterocycles. The van der Waals surface area contributed by atoms with Crippen molar-refractivity contribution in [3.63, 3.8) is 0 Å². The summed E-state index contributed by atoms with van der Waals surface area (Å²) in [6.07, 6.45) is 4.87. The molecule has 17 heavy (non-hydrogen) atoms. The van der Waals surface area contributed by atoms with Crippen LogP contribution in [0.4, 0.5) is 0 Å². The van der Waals surface area contributed by atoms with Gasteiger partial charge in [0.25, 0.3) is 0 Å². The molecule has 0 saturated heterocycles. The summed E-state index contributed by atoms with van der Waals surface area (Å²) in [7, 11) is 1.87. The Bertz CT molecular complexity index is 252. The molecule has 0 atom stereocenters. The molecule has 2 amide bonds. The van der Waals surface area contributed by atoms with Gasteiger partial charge in [0, 0.05) is 25.4 Å². The fourth-order valence-electron chi connectivity index (χ4n) is 1.52. The van der Waals surface area contributed by atoms with Gasteiger partial charge in [-0.3, -0.25) is 9.59 Å². The highest BCUT2D eigenvalue weighted by molar-refractivity contribution is 5.77. The van der Waals surface area contributed by atoms with Crippen LogP contribution in [0.1, 0.15) is 38.5 Å². The zero-order valence-corrected chi connectivity index (χ0v) is 10.6. The Balaban J connectivity index is 1.88. The molecule has 1 rings (SSSR count). The predicted octanol–water partition coefficient (Wildman–Crippen LogP) is 0.161. The zero-order chi connectivity index (χ0) is 12.5. The van der Waals surface area contributed by atoms with Gasteiger partial charge in [-0.2, -0.15) is 0 Å². The van der Waals surface area contributed by atoms with Crippen molar-refractivity contribution in [3.05, 3.63) is 0 Å². The SMILES string of the molecule is CNCCCC(=O)NCCCC(=O)NC1CC1. The monoisotopic (exact) mass is 241 g/mol. The molecule has 0 unspecified atom stereocenters. The van der Waals surface area contributed by atoms with Gasteiger partial charge >= 0.3 is 0 Å². The molecule has 0 aromatic rings. The average Bonchev–Trinajstić information content (AvgIpc) is 3.09. The summed E-state index contributed by atoms with van der Waals surface area (Å²) in [5, 5.41) is 8.74. The van der Waals surface area contributed by atoms with Gasteiger partial charge in [-0.1, -0.05) is 0 Å². The largest absolute Gasteiger partial charge is 0.356 e. The van der Waals surface area contributed by atoms with Crippen LogP contribution in [-0.4, -0.2) is 38.0 Å². The number of carbonyl (C=O) groups is 2. The van der Waals surface area contributed by atoms with Crippen molar-refractivity contribution in [1.29, 1.82) is 0 Å². The summed E-state index contributed by atoms with van der Waals surface area (Å²) in [6.45, 7) is 1.45. The number of hydrogen-bond acceptors (Lipinski definition) is 3. The van der Waals surface area contributed by atoms with Gasteiger partial charge in [0.05, 0.1) is 0 Å². The summed E-state index contributed by atoms with van der Waals surface area (Å²) >= 11 is 0. The van der Waals surface area contributed by atoms with Gasteiger partial charge in [-0.15, -0.1) is 0 Å². The van der Waals surface area contributed by atoms with Crippen molar-refractivity contribution in [2.75, 3.05) is 20.1 Å². The lowest BCUT2D eigenvalue weighted by atomic mass is 10.2. The molecule has 0 aromatic carbocycles. The van der Waals surface area contributed by atoms with Crippen LogP contribution in [0.3, 0.4) is 0 Å². The summed E-state index contributed by atoms with van der Waals surface area (Å²) in [6, 6.07) is 0.429. The minimum Gasteiger partial charge on any atom is -0.356 e. The van der Waals surface area contributed by atoms with Gasteiger partial charge in [0.15, 0.2) is 0 Å². The fraction of sp³-hybridized carbons (Fsp3) is 0.833. The Morgan fingerprint density at radius 3 is 2.35 bits per heavy atom. The average molecular weight is 241 g/mol. The van der Waals surface area contributed by atoms with E-state index in [1.807, 2.05) is 7.05 Å². The number of rotatable bonds is 9. The van der Waals surface area contributed by atoms with Crippen molar-refractivity contribution in [2.45, 2.75) is 44.6 Å². The second kappa shape index (κ2) is 8.06. The van der Waals surface area contributed by atoms with Gasteiger partial charge in [0.2, 0.25) is 11.8 Å². The molecule has 1 saturated carbocycles. The van der Waals surface area contributed by atoms with Crippen LogP contribution >= 0.6 is 0 Å². The fourth-order valence-corrected chi connectivity index (χ4v) is 1.52. The molecule has 3 N–H and O–H groups in total. The molecule has 1 aliphatic carbocycles. The Hall–Kier alpha value is -1.10. The standard InChI is InChI=1S/C12H23N3O2/c1-13-8-2-4-11(16)14-9-3-5-12(17)15-10-6-7-10/h10,13H,2-9H2,1H3,(H,14,16)(H,15,17). The van der Waals surface area contributed by atoms with Gasteiger partial charge in [-0.05, 0) is 39.3 Å². The summed E-state index contributed by atoms with van der Waals surface area (Å²) < 4.78 is 0. The Kier molecular flexibility index (Phi) is 6.62. The number of amides is 2. The molecular formula is C12H23N3O2. The highest BCUT2D eigenvalue weighted by atomic mass is 16.2. The van der Waals surface area contributed by atoms with Crippen LogP contribution in [0.15, 0.2) is 0 Å². The topological polar surface area (TPSA) is 70.2 Å². The van der Waals surface area contributed by atoms with Crippen molar-refractivity contribution in [3.8, 4) is 0 Å². The lowest BCUT2D eigenvalue weighted by molar-refractivity contribution is -0.123. The Morgan fingerprint density at radius 2 is 1.71 bits per heavy atom. The molecule has 0 aromatic heterocycles. The van der Waals surface area contributed by atoms with Crippen molar-refractivity contribution in [1.82, 2.24) is 16.0 Å². The number of carbonyl (C=O) groups excluding carboxylic acids is 2. The second-order valence-corrected chi connectivity index (χ2v) is 4.50. The van der Waals surface area contributed by atoms with Crippen LogP contribution in [0.2, 0.25) is 0 Å². The van der Waals surface area contributed by atoms with E-state index in [4.69, 9.17) is 0 Å². The first-order chi connectivity index (χ1) is 8.22. The Morgan fingerprint density at radius 1 is 1.06 bits per heavy atom. The van der Waals surface area contributed by atoms with E-state index in [9.17, 15) is 9.59 Å². The van der Waals surface area contributed by atoms with Crippen LogP contribution in [-0.2, 0) is 9.59 Å². The van der Waals surface area contributed by atoms with E-state index < -0.39 is 0 Å². The highest BCUT2D eigenvalue weighted by Crippen LogP contribution is 2.18. The summed E-state index contributed by atoms with van der Waals surface area (Å²) in [5.41, 5.74) is 0. The van der Waals surface area contributed by atoms with E-state index in [0.717, 1.165) is 32.2 Å². The van der Waals surface area contributed by atoms with Gasteiger partial charge < -0.3 is 16.0 Å². The van der Waals surface area contributed by atoms with E-state index in [1.165, 1.54) is 0 Å². The quantitative estimate of drug-likeness (QED) is 0.504. The molecule has 0 radical (unpaired) electrons. The molecule has 1 aliphatic rings. The summed E-state index contributed by atoms with van der Waals surface area (Å²) in [5.74, 6) is 0.180. The van der Waals surface area contributed by atoms with Crippen LogP contribution < -0.4 is 16.0 Å². The summed E-state index contributed by atoms with van der Waals surface area (Å²) in [4.78, 5) is 22.6. The first kappa shape index (κ1) is 14.0. The molecule has 5 heteroatoms. The number of hydrogen-bond donors (Lipinski definition) is 3. The maximum absolute atomic E-state index is 11.3. The van der Waals surface area contributed by atoms with Gasteiger partial charge in [0.1, 0.15) is 0 Å². The van der Waals surface area contributed by atoms with Gasteiger partial charge in [-0.25, -0.2) is 0 Å². The third-order valence-corrected chi connectivity index (χ3v) is 2.68. The first-order valence-corrected chi connectivity index (χ1v) is 6.43. The van der Waals surface area contributed by atoms with Crippen molar-refractivity contribution < 1.29 is 9.59 Å². The van der Waals surface area contributed by atoms with Crippen molar-refractivity contribution >= 4 is 11.8 Å². The molecule has 98 valence electrons. The van der Waals surface area contributed by atoms with Crippen molar-refractivity contribution in [2.24, 2.45) is 0 Å². The van der Waals surface area contributed by atoms with E-state index in [2.05, 4.69) is 16.0 Å². The van der Waals surface area contributed by atoms with Crippen LogP contribution in [0.5, 0.6) is 0 Å². The zero-order valence-electron chi connectivity index (χ0n) is 10.6. The molecule has 0 spiro atoms. The minimum atomic E-state index is 0.0721. The molecule has 0 heterocycles. The lowest BCUT2D eigenvalue weighted by Crippen LogP contribution is -2.28. The third kappa shape index (κ3) is 7.74. The highest BCUT2D eigenvalue weighted by Gasteiger charge is 2.22. The smallest absolute Gasteiger partial charge is 0.220 e. The second-order valence-electron chi connectivity index (χ2n) is 4.50. The maximum atomic E-state index is 11.3.